The van der Waals surface area contributed by atoms with Crippen LogP contribution >= 0.6 is 11.6 Å². The van der Waals surface area contributed by atoms with Crippen LogP contribution in [0.4, 0.5) is 0 Å². The molecule has 72 valence electrons. The summed E-state index contributed by atoms with van der Waals surface area (Å²) >= 11 is 5.85. The third-order valence-corrected chi connectivity index (χ3v) is 2.05. The Bertz CT molecular complexity index is 438. The monoisotopic (exact) mass is 208 g/mol. The van der Waals surface area contributed by atoms with Crippen molar-refractivity contribution in [1.82, 2.24) is 20.2 Å². The highest BCUT2D eigenvalue weighted by Crippen LogP contribution is 2.12. The van der Waals surface area contributed by atoms with E-state index >= 15 is 0 Å². The van der Waals surface area contributed by atoms with E-state index in [1.807, 2.05) is 25.1 Å². The molecular formula is C9H9ClN4. The summed E-state index contributed by atoms with van der Waals surface area (Å²) in [7, 11) is 0. The molecule has 0 amide bonds. The smallest absolute Gasteiger partial charge is 0.131 e. The molecule has 5 heteroatoms. The molecule has 2 aromatic rings. The van der Waals surface area contributed by atoms with Crippen LogP contribution in [0.5, 0.6) is 0 Å². The molecule has 0 radical (unpaired) electrons. The van der Waals surface area contributed by atoms with Crippen molar-refractivity contribution in [2.24, 2.45) is 0 Å². The van der Waals surface area contributed by atoms with E-state index in [1.54, 1.807) is 6.07 Å². The fourth-order valence-corrected chi connectivity index (χ4v) is 1.28. The summed E-state index contributed by atoms with van der Waals surface area (Å²) in [5.41, 5.74) is 0.824. The highest BCUT2D eigenvalue weighted by Gasteiger charge is 2.02. The van der Waals surface area contributed by atoms with Gasteiger partial charge in [-0.2, -0.15) is 0 Å². The number of tetrazole rings is 1. The number of aryl methyl sites for hydroxylation is 1. The van der Waals surface area contributed by atoms with Crippen LogP contribution in [0.2, 0.25) is 5.02 Å². The van der Waals surface area contributed by atoms with Gasteiger partial charge in [0.1, 0.15) is 0 Å². The van der Waals surface area contributed by atoms with Crippen LogP contribution in [0, 0.1) is 0 Å². The standard InChI is InChI=1S/C9H9ClN4/c1-2-9-11-13-14(12-9)8-5-3-4-7(10)6-8/h3-6H,2H2,1H3. The van der Waals surface area contributed by atoms with Crippen LogP contribution in [0.15, 0.2) is 24.3 Å². The number of hydrogen-bond donors (Lipinski definition) is 0. The molecule has 0 unspecified atom stereocenters. The first kappa shape index (κ1) is 9.15. The van der Waals surface area contributed by atoms with Crippen LogP contribution in [0.3, 0.4) is 0 Å². The van der Waals surface area contributed by atoms with Gasteiger partial charge < -0.3 is 0 Å². The average Bonchev–Trinajstić information content (AvgIpc) is 2.66. The van der Waals surface area contributed by atoms with E-state index in [4.69, 9.17) is 11.6 Å². The fraction of sp³-hybridized carbons (Fsp3) is 0.222. The van der Waals surface area contributed by atoms with Gasteiger partial charge in [0.05, 0.1) is 5.69 Å². The summed E-state index contributed by atoms with van der Waals surface area (Å²) in [4.78, 5) is 1.48. The summed E-state index contributed by atoms with van der Waals surface area (Å²) in [6, 6.07) is 7.34. The lowest BCUT2D eigenvalue weighted by atomic mass is 10.3. The molecule has 0 aliphatic heterocycles. The first-order valence-corrected chi connectivity index (χ1v) is 4.72. The topological polar surface area (TPSA) is 43.6 Å². The fourth-order valence-electron chi connectivity index (χ4n) is 1.09. The molecule has 0 N–H and O–H groups in total. The Morgan fingerprint density at radius 1 is 1.43 bits per heavy atom. The van der Waals surface area contributed by atoms with Gasteiger partial charge in [-0.25, -0.2) is 0 Å². The summed E-state index contributed by atoms with van der Waals surface area (Å²) in [6.45, 7) is 1.99. The molecule has 0 spiro atoms. The zero-order valence-electron chi connectivity index (χ0n) is 7.68. The summed E-state index contributed by atoms with van der Waals surface area (Å²) in [5, 5.41) is 12.6. The van der Waals surface area contributed by atoms with Crippen LogP contribution in [-0.2, 0) is 6.42 Å². The normalized spacial score (nSPS) is 10.4. The van der Waals surface area contributed by atoms with E-state index in [0.29, 0.717) is 5.02 Å². The Morgan fingerprint density at radius 3 is 2.93 bits per heavy atom. The first-order valence-electron chi connectivity index (χ1n) is 4.34. The van der Waals surface area contributed by atoms with Crippen molar-refractivity contribution in [3.8, 4) is 5.69 Å². The number of benzene rings is 1. The molecular weight excluding hydrogens is 200 g/mol. The van der Waals surface area contributed by atoms with Crippen molar-refractivity contribution in [3.63, 3.8) is 0 Å². The van der Waals surface area contributed by atoms with Crippen molar-refractivity contribution < 1.29 is 0 Å². The second-order valence-corrected chi connectivity index (χ2v) is 3.26. The zero-order chi connectivity index (χ0) is 9.97. The molecule has 1 heterocycles. The highest BCUT2D eigenvalue weighted by molar-refractivity contribution is 6.30. The van der Waals surface area contributed by atoms with Gasteiger partial charge >= 0.3 is 0 Å². The van der Waals surface area contributed by atoms with Crippen LogP contribution in [0.1, 0.15) is 12.7 Å². The molecule has 0 fully saturated rings. The Balaban J connectivity index is 2.39. The van der Waals surface area contributed by atoms with Crippen LogP contribution in [-0.4, -0.2) is 20.2 Å². The summed E-state index contributed by atoms with van der Waals surface area (Å²) < 4.78 is 0. The molecule has 0 atom stereocenters. The van der Waals surface area contributed by atoms with E-state index in [9.17, 15) is 0 Å². The Kier molecular flexibility index (Phi) is 2.45. The van der Waals surface area contributed by atoms with Gasteiger partial charge in [0.2, 0.25) is 0 Å². The molecule has 2 rings (SSSR count). The van der Waals surface area contributed by atoms with Crippen LogP contribution in [0.25, 0.3) is 5.69 Å². The minimum Gasteiger partial charge on any atom is -0.131 e. The second kappa shape index (κ2) is 3.75. The molecule has 1 aromatic heterocycles. The lowest BCUT2D eigenvalue weighted by Gasteiger charge is -1.97. The SMILES string of the molecule is CCc1nnn(-c2cccc(Cl)c2)n1. The van der Waals surface area contributed by atoms with Gasteiger partial charge in [-0.3, -0.25) is 0 Å². The van der Waals surface area contributed by atoms with Gasteiger partial charge in [0, 0.05) is 11.4 Å². The Hall–Kier alpha value is -1.42. The van der Waals surface area contributed by atoms with E-state index in [1.165, 1.54) is 4.80 Å². The van der Waals surface area contributed by atoms with Gasteiger partial charge in [0.25, 0.3) is 0 Å². The number of rotatable bonds is 2. The van der Waals surface area contributed by atoms with Crippen LogP contribution < -0.4 is 0 Å². The number of nitrogens with zero attached hydrogens (tertiary/aromatic N) is 4. The largest absolute Gasteiger partial charge is 0.174 e. The number of halogens is 1. The van der Waals surface area contributed by atoms with Gasteiger partial charge in [-0.05, 0) is 23.4 Å². The number of aromatic nitrogens is 4. The average molecular weight is 209 g/mol. The van der Waals surface area contributed by atoms with Crippen molar-refractivity contribution in [2.75, 3.05) is 0 Å². The molecule has 0 bridgehead atoms. The maximum atomic E-state index is 5.85. The molecule has 0 aliphatic carbocycles. The maximum Gasteiger partial charge on any atom is 0.174 e. The van der Waals surface area contributed by atoms with E-state index < -0.39 is 0 Å². The highest BCUT2D eigenvalue weighted by atomic mass is 35.5. The van der Waals surface area contributed by atoms with Crippen molar-refractivity contribution >= 4 is 11.6 Å². The lowest BCUT2D eigenvalue weighted by Crippen LogP contribution is -1.98. The van der Waals surface area contributed by atoms with Crippen molar-refractivity contribution in [2.45, 2.75) is 13.3 Å². The molecule has 4 nitrogen and oxygen atoms in total. The molecule has 0 saturated heterocycles. The maximum absolute atomic E-state index is 5.85. The molecule has 14 heavy (non-hydrogen) atoms. The van der Waals surface area contributed by atoms with Gasteiger partial charge in [-0.1, -0.05) is 24.6 Å². The summed E-state index contributed by atoms with van der Waals surface area (Å²) in [5.74, 6) is 0.727. The first-order chi connectivity index (χ1) is 6.79. The summed E-state index contributed by atoms with van der Waals surface area (Å²) in [6.07, 6.45) is 0.778. The third-order valence-electron chi connectivity index (χ3n) is 1.81. The number of hydrogen-bond acceptors (Lipinski definition) is 3. The quantitative estimate of drug-likeness (QED) is 0.757. The Labute approximate surface area is 86.5 Å². The lowest BCUT2D eigenvalue weighted by molar-refractivity contribution is 0.718. The molecule has 0 saturated carbocycles. The minimum absolute atomic E-state index is 0.665. The third kappa shape index (κ3) is 1.75. The van der Waals surface area contributed by atoms with Gasteiger partial charge in [-0.15, -0.1) is 15.0 Å². The predicted octanol–water partition coefficient (Wildman–Crippen LogP) is 1.88. The van der Waals surface area contributed by atoms with E-state index in [2.05, 4.69) is 15.4 Å². The van der Waals surface area contributed by atoms with E-state index in [-0.39, 0.29) is 0 Å². The molecule has 0 aliphatic rings. The van der Waals surface area contributed by atoms with E-state index in [0.717, 1.165) is 17.9 Å². The zero-order valence-corrected chi connectivity index (χ0v) is 8.44. The van der Waals surface area contributed by atoms with Crippen molar-refractivity contribution in [1.29, 1.82) is 0 Å². The second-order valence-electron chi connectivity index (χ2n) is 2.83. The minimum atomic E-state index is 0.665. The Morgan fingerprint density at radius 2 is 2.29 bits per heavy atom. The predicted molar refractivity (Wildman–Crippen MR) is 53.5 cm³/mol. The molecule has 1 aromatic carbocycles. The van der Waals surface area contributed by atoms with Crippen molar-refractivity contribution in [3.05, 3.63) is 35.1 Å². The van der Waals surface area contributed by atoms with Gasteiger partial charge in [0.15, 0.2) is 5.82 Å².